The van der Waals surface area contributed by atoms with Gasteiger partial charge in [-0.3, -0.25) is 9.59 Å². The summed E-state index contributed by atoms with van der Waals surface area (Å²) >= 11 is 1.24. The molecule has 1 fully saturated rings. The Bertz CT molecular complexity index is 862. The van der Waals surface area contributed by atoms with Gasteiger partial charge < -0.3 is 15.0 Å². The van der Waals surface area contributed by atoms with Crippen LogP contribution in [0, 0.1) is 13.8 Å². The molecular weight excluding hydrogens is 354 g/mol. The van der Waals surface area contributed by atoms with Gasteiger partial charge in [0.05, 0.1) is 22.1 Å². The van der Waals surface area contributed by atoms with Crippen LogP contribution < -0.4 is 10.2 Å². The summed E-state index contributed by atoms with van der Waals surface area (Å²) in [5.74, 6) is -0.989. The molecule has 26 heavy (non-hydrogen) atoms. The van der Waals surface area contributed by atoms with E-state index in [1.165, 1.54) is 11.3 Å². The van der Waals surface area contributed by atoms with Crippen molar-refractivity contribution in [3.63, 3.8) is 0 Å². The number of benzene rings is 1. The topological polar surface area (TPSA) is 88.6 Å². The molecule has 0 unspecified atom stereocenters. The quantitative estimate of drug-likeness (QED) is 0.814. The number of amides is 2. The van der Waals surface area contributed by atoms with Crippen LogP contribution in [0.3, 0.4) is 0 Å². The molecule has 0 radical (unpaired) electrons. The third-order valence-corrected chi connectivity index (χ3v) is 5.02. The Morgan fingerprint density at radius 3 is 2.73 bits per heavy atom. The van der Waals surface area contributed by atoms with Crippen molar-refractivity contribution in [3.05, 3.63) is 39.8 Å². The number of rotatable bonds is 5. The second-order valence-electron chi connectivity index (χ2n) is 5.94. The summed E-state index contributed by atoms with van der Waals surface area (Å²) in [4.78, 5) is 42.4. The summed E-state index contributed by atoms with van der Waals surface area (Å²) < 4.78 is 5.08. The van der Waals surface area contributed by atoms with Crippen LogP contribution in [0.15, 0.2) is 24.3 Å². The summed E-state index contributed by atoms with van der Waals surface area (Å²) in [6, 6.07) is 7.09. The highest BCUT2D eigenvalue weighted by Gasteiger charge is 2.24. The number of nitrogens with zero attached hydrogens (tertiary/aromatic N) is 2. The van der Waals surface area contributed by atoms with Crippen LogP contribution in [0.2, 0.25) is 0 Å². The van der Waals surface area contributed by atoms with E-state index in [4.69, 9.17) is 4.74 Å². The molecule has 3 rings (SSSR count). The molecule has 1 aromatic carbocycles. The number of hydrogen-bond donors (Lipinski definition) is 1. The summed E-state index contributed by atoms with van der Waals surface area (Å²) in [5, 5.41) is 3.48. The number of anilines is 2. The minimum absolute atomic E-state index is 0.0363. The van der Waals surface area contributed by atoms with Crippen molar-refractivity contribution < 1.29 is 19.1 Å². The zero-order valence-corrected chi connectivity index (χ0v) is 15.4. The van der Waals surface area contributed by atoms with Gasteiger partial charge in [-0.15, -0.1) is 11.3 Å². The van der Waals surface area contributed by atoms with E-state index in [0.717, 1.165) is 11.4 Å². The lowest BCUT2D eigenvalue weighted by Gasteiger charge is -2.19. The predicted molar refractivity (Wildman–Crippen MR) is 98.5 cm³/mol. The van der Waals surface area contributed by atoms with Crippen molar-refractivity contribution >= 4 is 40.5 Å². The summed E-state index contributed by atoms with van der Waals surface area (Å²) in [7, 11) is 0. The number of carbonyl (C=O) groups is 3. The van der Waals surface area contributed by atoms with E-state index in [1.807, 2.05) is 6.07 Å². The molecule has 7 nitrogen and oxygen atoms in total. The van der Waals surface area contributed by atoms with E-state index in [0.29, 0.717) is 34.9 Å². The van der Waals surface area contributed by atoms with Crippen molar-refractivity contribution in [3.8, 4) is 0 Å². The van der Waals surface area contributed by atoms with Gasteiger partial charge in [-0.1, -0.05) is 12.1 Å². The number of carbonyl (C=O) groups excluding carboxylic acids is 3. The normalized spacial score (nSPS) is 13.8. The molecular formula is C18H19N3O4S. The Kier molecular flexibility index (Phi) is 5.32. The average molecular weight is 373 g/mol. The molecule has 1 aromatic heterocycles. The summed E-state index contributed by atoms with van der Waals surface area (Å²) in [6.07, 6.45) is 1.31. The highest BCUT2D eigenvalue weighted by Crippen LogP contribution is 2.29. The smallest absolute Gasteiger partial charge is 0.350 e. The number of nitrogens with one attached hydrogen (secondary N) is 1. The van der Waals surface area contributed by atoms with Crippen LogP contribution in [0.4, 0.5) is 11.4 Å². The molecule has 1 N–H and O–H groups in total. The van der Waals surface area contributed by atoms with E-state index in [-0.39, 0.29) is 5.91 Å². The van der Waals surface area contributed by atoms with Gasteiger partial charge in [-0.2, -0.15) is 0 Å². The molecule has 0 aliphatic carbocycles. The number of aromatic nitrogens is 1. The molecule has 0 saturated carbocycles. The number of esters is 1. The number of para-hydroxylation sites is 2. The predicted octanol–water partition coefficient (Wildman–Crippen LogP) is 2.68. The molecule has 0 atom stereocenters. The van der Waals surface area contributed by atoms with Crippen LogP contribution in [-0.4, -0.2) is 35.9 Å². The van der Waals surface area contributed by atoms with Crippen LogP contribution in [0.25, 0.3) is 0 Å². The first-order chi connectivity index (χ1) is 12.5. The number of thiazole rings is 1. The Morgan fingerprint density at radius 1 is 1.31 bits per heavy atom. The highest BCUT2D eigenvalue weighted by molar-refractivity contribution is 7.13. The highest BCUT2D eigenvalue weighted by atomic mass is 32.1. The average Bonchev–Trinajstić information content (AvgIpc) is 3.18. The largest absolute Gasteiger partial charge is 0.451 e. The van der Waals surface area contributed by atoms with Crippen molar-refractivity contribution in [2.45, 2.75) is 26.7 Å². The first-order valence-electron chi connectivity index (χ1n) is 8.26. The Labute approximate surface area is 155 Å². The van der Waals surface area contributed by atoms with Gasteiger partial charge in [0.15, 0.2) is 6.61 Å². The third-order valence-electron chi connectivity index (χ3n) is 3.97. The summed E-state index contributed by atoms with van der Waals surface area (Å²) in [5.41, 5.74) is 1.77. The fourth-order valence-electron chi connectivity index (χ4n) is 2.82. The van der Waals surface area contributed by atoms with Crippen LogP contribution in [-0.2, 0) is 14.3 Å². The van der Waals surface area contributed by atoms with Gasteiger partial charge in [0.25, 0.3) is 5.91 Å². The van der Waals surface area contributed by atoms with Crippen LogP contribution in [0.1, 0.15) is 33.2 Å². The molecule has 136 valence electrons. The standard InChI is InChI=1S/C18H19N3O4S/c1-11-17(26-12(2)19-11)18(24)25-10-15(22)20-13-6-3-4-7-14(13)21-9-5-8-16(21)23/h3-4,6-7H,5,8-10H2,1-2H3,(H,20,22). The van der Waals surface area contributed by atoms with Gasteiger partial charge in [-0.25, -0.2) is 9.78 Å². The van der Waals surface area contributed by atoms with Crippen molar-refractivity contribution in [2.24, 2.45) is 0 Å². The molecule has 2 heterocycles. The molecule has 0 spiro atoms. The number of aryl methyl sites for hydroxylation is 2. The molecule has 8 heteroatoms. The van der Waals surface area contributed by atoms with E-state index < -0.39 is 18.5 Å². The fourth-order valence-corrected chi connectivity index (χ4v) is 3.63. The maximum atomic E-state index is 12.2. The number of hydrogen-bond acceptors (Lipinski definition) is 6. The van der Waals surface area contributed by atoms with Gasteiger partial charge in [-0.05, 0) is 32.4 Å². The maximum Gasteiger partial charge on any atom is 0.350 e. The first kappa shape index (κ1) is 18.1. The monoisotopic (exact) mass is 373 g/mol. The van der Waals surface area contributed by atoms with Gasteiger partial charge in [0.2, 0.25) is 5.91 Å². The van der Waals surface area contributed by atoms with Gasteiger partial charge >= 0.3 is 5.97 Å². The lowest BCUT2D eigenvalue weighted by molar-refractivity contribution is -0.119. The SMILES string of the molecule is Cc1nc(C)c(C(=O)OCC(=O)Nc2ccccc2N2CCCC2=O)s1. The molecule has 2 amide bonds. The van der Waals surface area contributed by atoms with Gasteiger partial charge in [0.1, 0.15) is 4.88 Å². The van der Waals surface area contributed by atoms with E-state index in [2.05, 4.69) is 10.3 Å². The first-order valence-corrected chi connectivity index (χ1v) is 9.08. The molecule has 1 aliphatic rings. The zero-order chi connectivity index (χ0) is 18.7. The molecule has 0 bridgehead atoms. The second kappa shape index (κ2) is 7.65. The van der Waals surface area contributed by atoms with Crippen LogP contribution >= 0.6 is 11.3 Å². The van der Waals surface area contributed by atoms with Crippen LogP contribution in [0.5, 0.6) is 0 Å². The molecule has 1 aliphatic heterocycles. The Balaban J connectivity index is 1.63. The van der Waals surface area contributed by atoms with Crippen molar-refractivity contribution in [1.29, 1.82) is 0 Å². The van der Waals surface area contributed by atoms with E-state index >= 15 is 0 Å². The zero-order valence-electron chi connectivity index (χ0n) is 14.6. The summed E-state index contributed by atoms with van der Waals surface area (Å²) in [6.45, 7) is 3.75. The second-order valence-corrected chi connectivity index (χ2v) is 7.14. The Hall–Kier alpha value is -2.74. The number of ether oxygens (including phenoxy) is 1. The minimum Gasteiger partial charge on any atom is -0.451 e. The van der Waals surface area contributed by atoms with Crippen molar-refractivity contribution in [2.75, 3.05) is 23.4 Å². The third kappa shape index (κ3) is 3.91. The lowest BCUT2D eigenvalue weighted by atomic mass is 10.2. The lowest BCUT2D eigenvalue weighted by Crippen LogP contribution is -2.27. The molecule has 2 aromatic rings. The minimum atomic E-state index is -0.564. The van der Waals surface area contributed by atoms with E-state index in [9.17, 15) is 14.4 Å². The van der Waals surface area contributed by atoms with E-state index in [1.54, 1.807) is 36.9 Å². The Morgan fingerprint density at radius 2 is 2.08 bits per heavy atom. The van der Waals surface area contributed by atoms with Crippen molar-refractivity contribution in [1.82, 2.24) is 4.98 Å². The fraction of sp³-hybridized carbons (Fsp3) is 0.333. The maximum absolute atomic E-state index is 12.2. The molecule has 1 saturated heterocycles. The van der Waals surface area contributed by atoms with Gasteiger partial charge in [0, 0.05) is 13.0 Å².